The predicted molar refractivity (Wildman–Crippen MR) is 150 cm³/mol. The van der Waals surface area contributed by atoms with E-state index in [9.17, 15) is 14.0 Å². The molecule has 196 valence electrons. The fourth-order valence-corrected chi connectivity index (χ4v) is 4.76. The van der Waals surface area contributed by atoms with E-state index in [1.807, 2.05) is 6.92 Å². The number of aliphatic imine (C=N–C) groups is 1. The first kappa shape index (κ1) is 27.2. The molecule has 0 bridgehead atoms. The van der Waals surface area contributed by atoms with Gasteiger partial charge in [-0.25, -0.2) is 9.38 Å². The van der Waals surface area contributed by atoms with Crippen molar-refractivity contribution in [2.45, 2.75) is 6.92 Å². The van der Waals surface area contributed by atoms with E-state index >= 15 is 0 Å². The van der Waals surface area contributed by atoms with Crippen LogP contribution in [-0.2, 0) is 9.59 Å². The lowest BCUT2D eigenvalue weighted by Gasteiger charge is -2.15. The topological polar surface area (TPSA) is 98.2 Å². The molecule has 1 saturated heterocycles. The maximum Gasteiger partial charge on any atom is 0.264 e. The average molecular weight is 600 g/mol. The van der Waals surface area contributed by atoms with Crippen LogP contribution in [0.25, 0.3) is 6.08 Å². The van der Waals surface area contributed by atoms with Gasteiger partial charge in [-0.1, -0.05) is 0 Å². The van der Waals surface area contributed by atoms with Crippen LogP contribution >= 0.6 is 27.7 Å². The number of carbonyl (C=O) groups excluding carboxylic acids is 2. The largest absolute Gasteiger partial charge is 0.497 e. The van der Waals surface area contributed by atoms with Crippen molar-refractivity contribution in [1.29, 1.82) is 0 Å². The van der Waals surface area contributed by atoms with Gasteiger partial charge in [0.25, 0.3) is 11.8 Å². The van der Waals surface area contributed by atoms with Crippen LogP contribution < -0.4 is 24.8 Å². The third kappa shape index (κ3) is 7.14. The highest BCUT2D eigenvalue weighted by atomic mass is 79.9. The Kier molecular flexibility index (Phi) is 9.03. The third-order valence-electron chi connectivity index (χ3n) is 5.06. The van der Waals surface area contributed by atoms with Crippen molar-refractivity contribution in [2.75, 3.05) is 25.6 Å². The molecular formula is C27H23BrFN3O5S. The standard InChI is InChI=1S/C27H23BrFN3O5S/c1-3-36-22-13-16(12-21(28)25(22)37-15-24(33)30-18-6-4-17(29)5-7-18)14-23-26(34)32-27(38-23)31-19-8-10-20(35-2)11-9-19/h4-14H,3,15H2,1-2H3,(H,30,33)(H,31,32,34)/b23-14+. The molecule has 0 saturated carbocycles. The number of amides is 2. The molecule has 1 fully saturated rings. The third-order valence-corrected chi connectivity index (χ3v) is 6.56. The summed E-state index contributed by atoms with van der Waals surface area (Å²) in [6.07, 6.45) is 1.72. The number of nitrogens with zero attached hydrogens (tertiary/aromatic N) is 1. The number of halogens is 2. The molecule has 3 aromatic rings. The summed E-state index contributed by atoms with van der Waals surface area (Å²) in [5.74, 6) is 0.379. The molecule has 3 aromatic carbocycles. The molecule has 0 aromatic heterocycles. The molecule has 0 unspecified atom stereocenters. The molecule has 0 spiro atoms. The molecule has 8 nitrogen and oxygen atoms in total. The average Bonchev–Trinajstić information content (AvgIpc) is 3.23. The zero-order valence-corrected chi connectivity index (χ0v) is 22.8. The Labute approximate surface area is 231 Å². The molecule has 38 heavy (non-hydrogen) atoms. The summed E-state index contributed by atoms with van der Waals surface area (Å²) in [4.78, 5) is 29.8. The summed E-state index contributed by atoms with van der Waals surface area (Å²) in [6, 6.07) is 16.1. The molecular weight excluding hydrogens is 577 g/mol. The highest BCUT2D eigenvalue weighted by molar-refractivity contribution is 9.10. The fourth-order valence-electron chi connectivity index (χ4n) is 3.35. The van der Waals surface area contributed by atoms with Crippen LogP contribution in [0.1, 0.15) is 12.5 Å². The molecule has 0 aliphatic carbocycles. The molecule has 2 amide bonds. The van der Waals surface area contributed by atoms with Gasteiger partial charge in [-0.2, -0.15) is 0 Å². The lowest BCUT2D eigenvalue weighted by atomic mass is 10.2. The van der Waals surface area contributed by atoms with Gasteiger partial charge in [0, 0.05) is 5.69 Å². The second kappa shape index (κ2) is 12.6. The smallest absolute Gasteiger partial charge is 0.264 e. The summed E-state index contributed by atoms with van der Waals surface area (Å²) in [6.45, 7) is 1.89. The Morgan fingerprint density at radius 2 is 1.87 bits per heavy atom. The van der Waals surface area contributed by atoms with Gasteiger partial charge in [0.15, 0.2) is 23.3 Å². The van der Waals surface area contributed by atoms with Gasteiger partial charge in [0.2, 0.25) is 0 Å². The normalized spacial score (nSPS) is 14.9. The number of hydrogen-bond acceptors (Lipinski definition) is 7. The van der Waals surface area contributed by atoms with Gasteiger partial charge in [-0.05, 0) is 107 Å². The van der Waals surface area contributed by atoms with Crippen LogP contribution in [0, 0.1) is 5.82 Å². The van der Waals surface area contributed by atoms with Crippen LogP contribution in [0.3, 0.4) is 0 Å². The van der Waals surface area contributed by atoms with Crippen molar-refractivity contribution in [3.63, 3.8) is 0 Å². The maximum absolute atomic E-state index is 13.1. The minimum Gasteiger partial charge on any atom is -0.497 e. The van der Waals surface area contributed by atoms with Crippen molar-refractivity contribution in [3.8, 4) is 17.2 Å². The van der Waals surface area contributed by atoms with E-state index in [-0.39, 0.29) is 12.5 Å². The second-order valence-electron chi connectivity index (χ2n) is 7.79. The van der Waals surface area contributed by atoms with Gasteiger partial charge in [0.05, 0.1) is 28.8 Å². The van der Waals surface area contributed by atoms with Crippen LogP contribution in [0.15, 0.2) is 75.0 Å². The highest BCUT2D eigenvalue weighted by Gasteiger charge is 2.24. The van der Waals surface area contributed by atoms with E-state index in [1.54, 1.807) is 49.6 Å². The number of benzene rings is 3. The van der Waals surface area contributed by atoms with Crippen molar-refractivity contribution in [1.82, 2.24) is 5.32 Å². The monoisotopic (exact) mass is 599 g/mol. The second-order valence-corrected chi connectivity index (χ2v) is 9.67. The van der Waals surface area contributed by atoms with Crippen molar-refractivity contribution in [2.24, 2.45) is 4.99 Å². The first-order valence-corrected chi connectivity index (χ1v) is 13.0. The van der Waals surface area contributed by atoms with E-state index in [0.717, 1.165) is 0 Å². The van der Waals surface area contributed by atoms with Crippen LogP contribution in [0.4, 0.5) is 15.8 Å². The molecule has 1 aliphatic rings. The number of ether oxygens (including phenoxy) is 3. The van der Waals surface area contributed by atoms with Gasteiger partial charge >= 0.3 is 0 Å². The molecule has 11 heteroatoms. The SMILES string of the molecule is CCOc1cc(/C=C2/SC(=Nc3ccc(OC)cc3)NC2=O)cc(Br)c1OCC(=O)Nc1ccc(F)cc1. The molecule has 2 N–H and O–H groups in total. The molecule has 0 radical (unpaired) electrons. The predicted octanol–water partition coefficient (Wildman–Crippen LogP) is 5.90. The maximum atomic E-state index is 13.1. The fraction of sp³-hybridized carbons (Fsp3) is 0.148. The van der Waals surface area contributed by atoms with Crippen molar-refractivity contribution in [3.05, 3.63) is 81.4 Å². The molecule has 1 heterocycles. The number of carbonyl (C=O) groups is 2. The van der Waals surface area contributed by atoms with Gasteiger partial charge < -0.3 is 24.8 Å². The first-order chi connectivity index (χ1) is 18.3. The Hall–Kier alpha value is -3.83. The van der Waals surface area contributed by atoms with Crippen LogP contribution in [-0.4, -0.2) is 37.3 Å². The van der Waals surface area contributed by atoms with Gasteiger partial charge in [-0.3, -0.25) is 9.59 Å². The Bertz CT molecular complexity index is 1400. The number of anilines is 1. The zero-order chi connectivity index (χ0) is 27.1. The van der Waals surface area contributed by atoms with E-state index in [0.29, 0.717) is 55.3 Å². The van der Waals surface area contributed by atoms with E-state index < -0.39 is 11.7 Å². The minimum absolute atomic E-state index is 0.269. The molecule has 0 atom stereocenters. The van der Waals surface area contributed by atoms with Gasteiger partial charge in [0.1, 0.15) is 11.6 Å². The summed E-state index contributed by atoms with van der Waals surface area (Å²) in [7, 11) is 1.59. The lowest BCUT2D eigenvalue weighted by Crippen LogP contribution is -2.20. The number of thioether (sulfide) groups is 1. The van der Waals surface area contributed by atoms with Crippen LogP contribution in [0.2, 0.25) is 0 Å². The summed E-state index contributed by atoms with van der Waals surface area (Å²) in [5.41, 5.74) is 1.82. The lowest BCUT2D eigenvalue weighted by molar-refractivity contribution is -0.118. The quantitative estimate of drug-likeness (QED) is 0.297. The Balaban J connectivity index is 1.47. The minimum atomic E-state index is -0.417. The summed E-state index contributed by atoms with van der Waals surface area (Å²) >= 11 is 4.70. The number of rotatable bonds is 9. The summed E-state index contributed by atoms with van der Waals surface area (Å²) in [5, 5.41) is 5.87. The Morgan fingerprint density at radius 3 is 2.55 bits per heavy atom. The number of hydrogen-bond donors (Lipinski definition) is 2. The number of methoxy groups -OCH3 is 1. The number of nitrogens with one attached hydrogen (secondary N) is 2. The van der Waals surface area contributed by atoms with Gasteiger partial charge in [-0.15, -0.1) is 0 Å². The Morgan fingerprint density at radius 1 is 1.13 bits per heavy atom. The van der Waals surface area contributed by atoms with Crippen molar-refractivity contribution < 1.29 is 28.2 Å². The molecule has 4 rings (SSSR count). The first-order valence-electron chi connectivity index (χ1n) is 11.4. The van der Waals surface area contributed by atoms with E-state index in [4.69, 9.17) is 14.2 Å². The van der Waals surface area contributed by atoms with E-state index in [2.05, 4.69) is 31.6 Å². The number of amidine groups is 1. The zero-order valence-electron chi connectivity index (χ0n) is 20.4. The highest BCUT2D eigenvalue weighted by Crippen LogP contribution is 2.38. The molecule has 1 aliphatic heterocycles. The van der Waals surface area contributed by atoms with Crippen LogP contribution in [0.5, 0.6) is 17.2 Å². The van der Waals surface area contributed by atoms with Crippen molar-refractivity contribution >= 4 is 62.1 Å². The summed E-state index contributed by atoms with van der Waals surface area (Å²) < 4.78 is 30.2. The van der Waals surface area contributed by atoms with E-state index in [1.165, 1.54) is 36.0 Å².